The van der Waals surface area contributed by atoms with Crippen LogP contribution in [0.5, 0.6) is 0 Å². The summed E-state index contributed by atoms with van der Waals surface area (Å²) >= 11 is 0. The Hall–Kier alpha value is 0.919. The van der Waals surface area contributed by atoms with E-state index in [0.717, 1.165) is 0 Å². The van der Waals surface area contributed by atoms with Crippen molar-refractivity contribution in [3.8, 4) is 6.07 Å². The molecule has 3 heteroatoms. The van der Waals surface area contributed by atoms with Crippen molar-refractivity contribution < 1.29 is 43.4 Å². The van der Waals surface area contributed by atoms with Crippen molar-refractivity contribution in [2.75, 3.05) is 0 Å². The molecule has 0 unspecified atom stereocenters. The molecule has 0 bridgehead atoms. The number of hydrogen-bond acceptors (Lipinski definition) is 1. The van der Waals surface area contributed by atoms with E-state index in [1.807, 2.05) is 0 Å². The molecule has 1 nitrogen and oxygen atoms in total. The molecule has 24 valence electrons. The quantitative estimate of drug-likeness (QED) is 0.446. The van der Waals surface area contributed by atoms with E-state index in [1.165, 1.54) is 6.92 Å². The number of nitriles is 1. The van der Waals surface area contributed by atoms with Crippen molar-refractivity contribution in [3.05, 3.63) is 0 Å². The summed E-state index contributed by atoms with van der Waals surface area (Å²) in [5, 5.41) is 7.32. The normalized spacial score (nSPS) is 1.60. The van der Waals surface area contributed by atoms with Crippen LogP contribution in [0.1, 0.15) is 6.92 Å². The van der Waals surface area contributed by atoms with E-state index >= 15 is 0 Å². The minimum atomic E-state index is 0. The summed E-state index contributed by atoms with van der Waals surface area (Å²) in [6.07, 6.45) is 0. The van der Waals surface area contributed by atoms with Crippen molar-refractivity contribution in [2.45, 2.75) is 6.92 Å². The van der Waals surface area contributed by atoms with E-state index in [4.69, 9.17) is 5.26 Å². The molecular weight excluding hydrogens is 134 g/mol. The summed E-state index contributed by atoms with van der Waals surface area (Å²) in [4.78, 5) is 0. The zero-order chi connectivity index (χ0) is 2.71. The molecule has 0 amide bonds. The van der Waals surface area contributed by atoms with Crippen molar-refractivity contribution in [1.29, 1.82) is 5.26 Å². The molecule has 5 heavy (non-hydrogen) atoms. The van der Waals surface area contributed by atoms with E-state index in [0.29, 0.717) is 0 Å². The van der Waals surface area contributed by atoms with E-state index in [2.05, 4.69) is 0 Å². The summed E-state index contributed by atoms with van der Waals surface area (Å²) in [5.41, 5.74) is 0. The Bertz CT molecular complexity index is 29.1. The summed E-state index contributed by atoms with van der Waals surface area (Å²) in [6, 6.07) is 1.75. The zero-order valence-electron chi connectivity index (χ0n) is 2.95. The first-order valence-electron chi connectivity index (χ1n) is 0.724. The number of hydrogen-bond donors (Lipinski definition) is 0. The Kier molecular flexibility index (Phi) is 69.0. The molecule has 0 saturated carbocycles. The van der Waals surface area contributed by atoms with Gasteiger partial charge in [0.25, 0.3) is 0 Å². The van der Waals surface area contributed by atoms with Gasteiger partial charge in [0.15, 0.2) is 0 Å². The third kappa shape index (κ3) is 49.7. The fourth-order valence-electron chi connectivity index (χ4n) is 0. The minimum Gasteiger partial charge on any atom is -0.199 e. The Morgan fingerprint density at radius 3 is 1.40 bits per heavy atom. The van der Waals surface area contributed by atoms with Crippen LogP contribution in [-0.2, 0) is 43.4 Å². The van der Waals surface area contributed by atoms with Gasteiger partial charge in [0, 0.05) is 50.4 Å². The van der Waals surface area contributed by atoms with Gasteiger partial charge in [-0.2, -0.15) is 5.26 Å². The minimum absolute atomic E-state index is 0. The third-order valence-electron chi connectivity index (χ3n) is 0. The van der Waals surface area contributed by atoms with E-state index in [1.54, 1.807) is 6.07 Å². The summed E-state index contributed by atoms with van der Waals surface area (Å²) in [6.45, 7) is 1.43. The van der Waals surface area contributed by atoms with Gasteiger partial charge < -0.3 is 0 Å². The van der Waals surface area contributed by atoms with Gasteiger partial charge >= 0.3 is 0 Å². The monoisotopic (exact) mass is 137 g/mol. The number of nitrogens with zero attached hydrogens (tertiary/aromatic N) is 1. The molecule has 0 fully saturated rings. The van der Waals surface area contributed by atoms with Gasteiger partial charge in [-0.1, -0.05) is 0 Å². The van der Waals surface area contributed by atoms with Crippen molar-refractivity contribution in [3.63, 3.8) is 0 Å². The van der Waals surface area contributed by atoms with Crippen LogP contribution in [0.25, 0.3) is 0 Å². The maximum absolute atomic E-state index is 7.32. The van der Waals surface area contributed by atoms with Gasteiger partial charge in [0.05, 0.1) is 6.07 Å². The first-order chi connectivity index (χ1) is 1.41. The van der Waals surface area contributed by atoms with E-state index < -0.39 is 0 Å². The van der Waals surface area contributed by atoms with Gasteiger partial charge in [-0.3, -0.25) is 0 Å². The summed E-state index contributed by atoms with van der Waals surface area (Å²) in [7, 11) is 0. The van der Waals surface area contributed by atoms with Crippen LogP contribution >= 0.6 is 0 Å². The summed E-state index contributed by atoms with van der Waals surface area (Å²) < 4.78 is 0. The Balaban J connectivity index is -0.0000000200. The fourth-order valence-corrected chi connectivity index (χ4v) is 0. The van der Waals surface area contributed by atoms with Gasteiger partial charge in [-0.25, -0.2) is 0 Å². The first kappa shape index (κ1) is 16.8. The van der Waals surface area contributed by atoms with E-state index in [-0.39, 0.29) is 43.4 Å². The topological polar surface area (TPSA) is 23.8 Å². The van der Waals surface area contributed by atoms with E-state index in [9.17, 15) is 0 Å². The van der Waals surface area contributed by atoms with Crippen LogP contribution < -0.4 is 0 Å². The van der Waals surface area contributed by atoms with Gasteiger partial charge in [-0.05, 0) is 0 Å². The second kappa shape index (κ2) is 20.5. The number of rotatable bonds is 0. The predicted molar refractivity (Wildman–Crippen MR) is 11.3 cm³/mol. The Labute approximate surface area is 61.5 Å². The second-order valence-electron chi connectivity index (χ2n) is 0.224. The molecule has 0 spiro atoms. The fraction of sp³-hybridized carbons (Fsp3) is 0.500. The molecule has 0 aromatic heterocycles. The predicted octanol–water partition coefficient (Wildman–Crippen LogP) is 0.525. The molecule has 0 radical (unpaired) electrons. The van der Waals surface area contributed by atoms with Crippen molar-refractivity contribution in [1.82, 2.24) is 0 Å². The third-order valence-corrected chi connectivity index (χ3v) is 0. The van der Waals surface area contributed by atoms with Gasteiger partial charge in [0.1, 0.15) is 0 Å². The molecule has 0 atom stereocenters. The van der Waals surface area contributed by atoms with Crippen LogP contribution in [0.15, 0.2) is 0 Å². The molecule has 0 aromatic rings. The maximum Gasteiger partial charge on any atom is 0.0587 e. The first-order valence-corrected chi connectivity index (χ1v) is 0.724. The van der Waals surface area contributed by atoms with Crippen LogP contribution in [0.4, 0.5) is 0 Å². The molecule has 0 aromatic carbocycles. The van der Waals surface area contributed by atoms with Crippen LogP contribution in [-0.4, -0.2) is 0 Å². The van der Waals surface area contributed by atoms with Crippen LogP contribution in [0, 0.1) is 11.3 Å². The summed E-state index contributed by atoms with van der Waals surface area (Å²) in [5.74, 6) is 0. The molecule has 0 saturated heterocycles. The molecule has 0 N–H and O–H groups in total. The largest absolute Gasteiger partial charge is 0.199 e. The van der Waals surface area contributed by atoms with Crippen LogP contribution in [0.3, 0.4) is 0 Å². The molecule has 0 rings (SSSR count). The average Bonchev–Trinajstić information content (AvgIpc) is 0.918. The van der Waals surface area contributed by atoms with Gasteiger partial charge in [-0.15, -0.1) is 0 Å². The Morgan fingerprint density at radius 2 is 1.40 bits per heavy atom. The van der Waals surface area contributed by atoms with Crippen molar-refractivity contribution >= 4 is 0 Å². The Morgan fingerprint density at radius 1 is 1.40 bits per heavy atom. The van der Waals surface area contributed by atoms with Crippen LogP contribution in [0.2, 0.25) is 0 Å². The maximum atomic E-state index is 7.32. The average molecular weight is 137 g/mol. The molecule has 0 aliphatic heterocycles. The molecule has 0 aliphatic rings. The smallest absolute Gasteiger partial charge is 0.0587 e. The molecule has 0 heterocycles. The SMILES string of the molecule is CC#N.[Ti].[Ti]. The molecule has 0 aliphatic carbocycles. The zero-order valence-corrected chi connectivity index (χ0v) is 6.07. The standard InChI is InChI=1S/C2H3N.2Ti/c1-2-3;;/h1H3;;. The van der Waals surface area contributed by atoms with Crippen molar-refractivity contribution in [2.24, 2.45) is 0 Å². The second-order valence-corrected chi connectivity index (χ2v) is 0.224. The van der Waals surface area contributed by atoms with Gasteiger partial charge in [0.2, 0.25) is 0 Å². The molecular formula is C2H3NTi2.